The predicted octanol–water partition coefficient (Wildman–Crippen LogP) is 22.0. The second-order valence-electron chi connectivity index (χ2n) is 19.8. The molecule has 4 aromatic heterocycles. The lowest BCUT2D eigenvalue weighted by Crippen LogP contribution is -2.14. The minimum absolute atomic E-state index is 0.0294. The van der Waals surface area contributed by atoms with Gasteiger partial charge in [0, 0.05) is 34.7 Å². The molecular formula is C71H107N3O4. The summed E-state index contributed by atoms with van der Waals surface area (Å²) in [5, 5.41) is 3.15. The zero-order valence-corrected chi connectivity index (χ0v) is 54.3. The first-order valence-corrected chi connectivity index (χ1v) is 29.2. The summed E-state index contributed by atoms with van der Waals surface area (Å²) in [6.45, 7) is 57.6. The minimum atomic E-state index is -0.136. The van der Waals surface area contributed by atoms with Crippen LogP contribution in [0.15, 0.2) is 158 Å². The van der Waals surface area contributed by atoms with Crippen LogP contribution in [0.4, 0.5) is 0 Å². The van der Waals surface area contributed by atoms with Crippen molar-refractivity contribution in [3.05, 3.63) is 183 Å². The molecule has 0 amide bonds. The van der Waals surface area contributed by atoms with Crippen molar-refractivity contribution >= 4 is 54.8 Å². The molecule has 0 bridgehead atoms. The van der Waals surface area contributed by atoms with Gasteiger partial charge in [0.15, 0.2) is 5.43 Å². The van der Waals surface area contributed by atoms with Crippen LogP contribution in [-0.2, 0) is 21.7 Å². The second kappa shape index (κ2) is 39.0. The maximum Gasteiger partial charge on any atom is 0.200 e. The monoisotopic (exact) mass is 1070 g/mol. The number of nitrogens with zero attached hydrogens (tertiary/aromatic N) is 3. The normalized spacial score (nSPS) is 10.2. The molecule has 0 aliphatic heterocycles. The van der Waals surface area contributed by atoms with Gasteiger partial charge in [-0.15, -0.1) is 0 Å². The van der Waals surface area contributed by atoms with E-state index in [0.717, 1.165) is 28.0 Å². The van der Waals surface area contributed by atoms with E-state index in [9.17, 15) is 9.59 Å². The van der Waals surface area contributed by atoms with E-state index < -0.39 is 0 Å². The first-order chi connectivity index (χ1) is 37.1. The van der Waals surface area contributed by atoms with Crippen molar-refractivity contribution in [2.24, 2.45) is 0 Å². The lowest BCUT2D eigenvalue weighted by Gasteiger charge is -2.19. The van der Waals surface area contributed by atoms with Gasteiger partial charge < -0.3 is 8.83 Å². The van der Waals surface area contributed by atoms with Crippen LogP contribution in [-0.4, -0.2) is 15.0 Å². The largest absolute Gasteiger partial charge is 0.460 e. The molecule has 0 saturated carbocycles. The fourth-order valence-electron chi connectivity index (χ4n) is 6.54. The van der Waals surface area contributed by atoms with Gasteiger partial charge in [-0.3, -0.25) is 19.6 Å². The van der Waals surface area contributed by atoms with E-state index in [2.05, 4.69) is 95.5 Å². The summed E-state index contributed by atoms with van der Waals surface area (Å²) in [6, 6.07) is 40.5. The summed E-state index contributed by atoms with van der Waals surface area (Å²) < 4.78 is 11.6. The Labute approximate surface area is 474 Å². The number of benzene rings is 5. The number of rotatable bonds is 0. The molecule has 0 fully saturated rings. The Bertz CT molecular complexity index is 3030. The van der Waals surface area contributed by atoms with Gasteiger partial charge in [-0.05, 0) is 82.6 Å². The van der Waals surface area contributed by atoms with Gasteiger partial charge in [-0.25, -0.2) is 4.98 Å². The van der Waals surface area contributed by atoms with Gasteiger partial charge in [0.1, 0.15) is 22.5 Å². The number of hydrogen-bond acceptors (Lipinski definition) is 7. The maximum absolute atomic E-state index is 12.4. The quantitative estimate of drug-likeness (QED) is 0.140. The molecule has 0 N–H and O–H groups in total. The SMILES string of the molecule is CC.CC.CC.CC.CC.CC.CC.CC.CC(C)(C)c1cc(=O)c2ccccc2o1.CC(C)(C)c1ccc2c(=O)c3ccccc3oc2c1.CC(C)(C)c1cnc2ccccc2c1.CC(C)(C)c1cnc2ccccc2n1. The lowest BCUT2D eigenvalue weighted by atomic mass is 9.86. The molecule has 0 saturated heterocycles. The van der Waals surface area contributed by atoms with Crippen LogP contribution in [0.3, 0.4) is 0 Å². The van der Waals surface area contributed by atoms with Crippen LogP contribution in [0.5, 0.6) is 0 Å². The molecule has 9 aromatic rings. The van der Waals surface area contributed by atoms with E-state index in [1.807, 2.05) is 235 Å². The van der Waals surface area contributed by atoms with Crippen LogP contribution in [0.2, 0.25) is 0 Å². The van der Waals surface area contributed by atoms with E-state index in [4.69, 9.17) is 8.83 Å². The van der Waals surface area contributed by atoms with Gasteiger partial charge >= 0.3 is 0 Å². The standard InChI is InChI=1S/C17H16O2.C13H15N.C13H14O2.C12H14N2.8C2H6/c1-17(2,3)11-8-9-13-15(10-11)19-14-7-5-4-6-12(14)16(13)18;1-13(2,3)11-8-10-6-4-5-7-12(10)14-9-11;1-13(2,3)12-8-10(14)9-6-4-5-7-11(9)15-12;1-12(2,3)11-8-13-9-6-4-5-7-10(9)14-11;8*1-2/h4-10H,1-3H3;4-9H,1-3H3;4-8H,1-3H3;4-8H,1-3H3;8*1-2H3. The molecule has 7 heteroatoms. The fraction of sp³-hybridized carbons (Fsp3) is 0.451. The Balaban J connectivity index is -0.000000888. The van der Waals surface area contributed by atoms with Crippen molar-refractivity contribution in [1.29, 1.82) is 0 Å². The molecule has 0 aliphatic carbocycles. The van der Waals surface area contributed by atoms with Crippen LogP contribution < -0.4 is 10.9 Å². The summed E-state index contributed by atoms with van der Waals surface area (Å²) in [7, 11) is 0. The van der Waals surface area contributed by atoms with E-state index >= 15 is 0 Å². The third-order valence-electron chi connectivity index (χ3n) is 10.5. The highest BCUT2D eigenvalue weighted by Crippen LogP contribution is 2.28. The summed E-state index contributed by atoms with van der Waals surface area (Å²) in [4.78, 5) is 37.6. The van der Waals surface area contributed by atoms with Gasteiger partial charge in [0.2, 0.25) is 5.43 Å². The molecule has 9 rings (SSSR count). The first-order valence-electron chi connectivity index (χ1n) is 29.2. The molecule has 4 heterocycles. The Hall–Kier alpha value is -6.47. The fourth-order valence-corrected chi connectivity index (χ4v) is 6.54. The Morgan fingerprint density at radius 3 is 1.27 bits per heavy atom. The molecule has 0 atom stereocenters. The maximum atomic E-state index is 12.4. The number of aromatic nitrogens is 3. The number of fused-ring (bicyclic) bond motifs is 5. The molecule has 0 unspecified atom stereocenters. The Morgan fingerprint density at radius 1 is 0.346 bits per heavy atom. The van der Waals surface area contributed by atoms with Gasteiger partial charge in [0.05, 0.1) is 38.4 Å². The van der Waals surface area contributed by atoms with Crippen LogP contribution in [0.25, 0.3) is 54.8 Å². The molecular weight excluding hydrogens is 959 g/mol. The number of hydrogen-bond donors (Lipinski definition) is 0. The van der Waals surface area contributed by atoms with Crippen molar-refractivity contribution in [2.75, 3.05) is 0 Å². The third kappa shape index (κ3) is 24.0. The van der Waals surface area contributed by atoms with E-state index in [-0.39, 0.29) is 32.5 Å². The molecule has 7 nitrogen and oxygen atoms in total. The average molecular weight is 1070 g/mol. The minimum Gasteiger partial charge on any atom is -0.460 e. The molecule has 0 aliphatic rings. The highest BCUT2D eigenvalue weighted by Gasteiger charge is 2.19. The third-order valence-corrected chi connectivity index (χ3v) is 10.5. The van der Waals surface area contributed by atoms with Gasteiger partial charge in [-0.2, -0.15) is 0 Å². The molecule has 0 spiro atoms. The second-order valence-corrected chi connectivity index (χ2v) is 19.8. The van der Waals surface area contributed by atoms with E-state index in [0.29, 0.717) is 32.9 Å². The number of para-hydroxylation sites is 5. The van der Waals surface area contributed by atoms with Crippen molar-refractivity contribution in [3.8, 4) is 0 Å². The topological polar surface area (TPSA) is 99.1 Å². The van der Waals surface area contributed by atoms with Crippen LogP contribution >= 0.6 is 0 Å². The van der Waals surface area contributed by atoms with Crippen molar-refractivity contribution < 1.29 is 8.83 Å². The summed E-state index contributed by atoms with van der Waals surface area (Å²) in [5.41, 5.74) is 8.68. The van der Waals surface area contributed by atoms with Crippen LogP contribution in [0.1, 0.15) is 216 Å². The highest BCUT2D eigenvalue weighted by molar-refractivity contribution is 5.90. The van der Waals surface area contributed by atoms with Crippen molar-refractivity contribution in [2.45, 2.75) is 216 Å². The molecule has 78 heavy (non-hydrogen) atoms. The Kier molecular flexibility index (Phi) is 37.9. The van der Waals surface area contributed by atoms with Crippen LogP contribution in [0, 0.1) is 0 Å². The average Bonchev–Trinajstić information content (AvgIpc) is 3.46. The van der Waals surface area contributed by atoms with Gasteiger partial charge in [0.25, 0.3) is 0 Å². The zero-order chi connectivity index (χ0) is 61.0. The predicted molar refractivity (Wildman–Crippen MR) is 349 cm³/mol. The smallest absolute Gasteiger partial charge is 0.200 e. The highest BCUT2D eigenvalue weighted by atomic mass is 16.3. The summed E-state index contributed by atoms with van der Waals surface area (Å²) >= 11 is 0. The molecule has 5 aromatic carbocycles. The summed E-state index contributed by atoms with van der Waals surface area (Å²) in [6.07, 6.45) is 3.84. The molecule has 0 radical (unpaired) electrons. The summed E-state index contributed by atoms with van der Waals surface area (Å²) in [5.74, 6) is 0.728. The molecule has 430 valence electrons. The number of pyridine rings is 1. The van der Waals surface area contributed by atoms with Gasteiger partial charge in [-0.1, -0.05) is 255 Å². The first kappa shape index (κ1) is 75.8. The van der Waals surface area contributed by atoms with E-state index in [1.165, 1.54) is 16.5 Å². The Morgan fingerprint density at radius 2 is 0.769 bits per heavy atom. The lowest BCUT2D eigenvalue weighted by molar-refractivity contribution is 0.421. The van der Waals surface area contributed by atoms with Crippen molar-refractivity contribution in [3.63, 3.8) is 0 Å². The zero-order valence-electron chi connectivity index (χ0n) is 54.3. The van der Waals surface area contributed by atoms with E-state index in [1.54, 1.807) is 18.2 Å². The van der Waals surface area contributed by atoms with Crippen molar-refractivity contribution in [1.82, 2.24) is 15.0 Å².